The van der Waals surface area contributed by atoms with Gasteiger partial charge in [-0.25, -0.2) is 5.48 Å². The Morgan fingerprint density at radius 1 is 1.07 bits per heavy atom. The van der Waals surface area contributed by atoms with Gasteiger partial charge in [-0.1, -0.05) is 30.3 Å². The molecular formula is C33H37N5O3S. The number of aryl methyl sites for hydroxylation is 1. The lowest BCUT2D eigenvalue weighted by atomic mass is 9.81. The number of rotatable bonds is 9. The van der Waals surface area contributed by atoms with E-state index >= 15 is 0 Å². The molecule has 5 N–H and O–H groups in total. The lowest BCUT2D eigenvalue weighted by molar-refractivity contribution is -0.130. The zero-order valence-electron chi connectivity index (χ0n) is 23.7. The van der Waals surface area contributed by atoms with Gasteiger partial charge in [0, 0.05) is 28.5 Å². The van der Waals surface area contributed by atoms with E-state index in [-0.39, 0.29) is 23.6 Å². The molecule has 1 aliphatic heterocycles. The van der Waals surface area contributed by atoms with Gasteiger partial charge in [0.1, 0.15) is 6.04 Å². The van der Waals surface area contributed by atoms with E-state index in [2.05, 4.69) is 53.3 Å². The summed E-state index contributed by atoms with van der Waals surface area (Å²) in [5, 5.41) is 6.07. The van der Waals surface area contributed by atoms with Gasteiger partial charge in [-0.05, 0) is 110 Å². The number of hydroxylamine groups is 1. The van der Waals surface area contributed by atoms with E-state index in [1.54, 1.807) is 12.1 Å². The number of nitrogens with two attached hydrogens (primary N) is 1. The van der Waals surface area contributed by atoms with Crippen molar-refractivity contribution in [2.24, 2.45) is 22.6 Å². The number of aliphatic imine (C=N–C) groups is 1. The summed E-state index contributed by atoms with van der Waals surface area (Å²) in [6.07, 6.45) is 3.78. The molecule has 0 radical (unpaired) electrons. The van der Waals surface area contributed by atoms with Crippen LogP contribution in [0, 0.1) is 18.8 Å². The minimum atomic E-state index is -0.755. The van der Waals surface area contributed by atoms with Crippen LogP contribution in [0.1, 0.15) is 42.4 Å². The largest absolute Gasteiger partial charge is 0.361 e. The van der Waals surface area contributed by atoms with Crippen molar-refractivity contribution >= 4 is 36.0 Å². The summed E-state index contributed by atoms with van der Waals surface area (Å²) in [5.74, 6) is 0.820. The average Bonchev–Trinajstić information content (AvgIpc) is 3.44. The highest BCUT2D eigenvalue weighted by molar-refractivity contribution is 7.80. The summed E-state index contributed by atoms with van der Waals surface area (Å²) in [6.45, 7) is 6.38. The molecule has 0 unspecified atom stereocenters. The molecule has 218 valence electrons. The molecule has 42 heavy (non-hydrogen) atoms. The summed E-state index contributed by atoms with van der Waals surface area (Å²) < 4.78 is 0. The maximum Gasteiger partial charge on any atom is 0.247 e. The Labute approximate surface area is 252 Å². The number of nitrogens with zero attached hydrogens (tertiary/aromatic N) is 1. The van der Waals surface area contributed by atoms with Gasteiger partial charge in [-0.15, -0.1) is 12.6 Å². The SMILES string of the molecule is C=C1N=C(c2ccc(NC(=O)[C@H](Cc3cccc(-c4cc(S)ccc4C)c3)NC(=O)C3CCC(CN)CC3)cc2)NO1. The fourth-order valence-corrected chi connectivity index (χ4v) is 5.73. The van der Waals surface area contributed by atoms with Crippen molar-refractivity contribution < 1.29 is 14.4 Å². The van der Waals surface area contributed by atoms with Crippen molar-refractivity contribution in [2.75, 3.05) is 11.9 Å². The first-order valence-corrected chi connectivity index (χ1v) is 14.7. The van der Waals surface area contributed by atoms with E-state index in [1.165, 1.54) is 0 Å². The second-order valence-electron chi connectivity index (χ2n) is 11.0. The first kappa shape index (κ1) is 29.4. The van der Waals surface area contributed by atoms with Gasteiger partial charge in [-0.2, -0.15) is 4.99 Å². The first-order chi connectivity index (χ1) is 20.3. The molecular weight excluding hydrogens is 546 g/mol. The summed E-state index contributed by atoms with van der Waals surface area (Å²) in [5.41, 5.74) is 14.2. The summed E-state index contributed by atoms with van der Waals surface area (Å²) in [4.78, 5) is 37.2. The molecule has 0 saturated heterocycles. The zero-order chi connectivity index (χ0) is 29.6. The van der Waals surface area contributed by atoms with Crippen LogP contribution in [0.4, 0.5) is 5.69 Å². The van der Waals surface area contributed by atoms with Crippen molar-refractivity contribution in [1.29, 1.82) is 0 Å². The number of anilines is 1. The molecule has 0 aromatic heterocycles. The lowest BCUT2D eigenvalue weighted by Gasteiger charge is -2.28. The lowest BCUT2D eigenvalue weighted by Crippen LogP contribution is -2.48. The fourth-order valence-electron chi connectivity index (χ4n) is 5.52. The smallest absolute Gasteiger partial charge is 0.247 e. The number of amides is 2. The maximum atomic E-state index is 13.7. The van der Waals surface area contributed by atoms with Crippen LogP contribution in [0.2, 0.25) is 0 Å². The van der Waals surface area contributed by atoms with Crippen LogP contribution in [0.5, 0.6) is 0 Å². The monoisotopic (exact) mass is 583 g/mol. The number of thiol groups is 1. The highest BCUT2D eigenvalue weighted by atomic mass is 32.1. The van der Waals surface area contributed by atoms with Crippen LogP contribution in [0.3, 0.4) is 0 Å². The molecule has 3 aromatic carbocycles. The summed E-state index contributed by atoms with van der Waals surface area (Å²) in [7, 11) is 0. The van der Waals surface area contributed by atoms with Gasteiger partial charge in [0.2, 0.25) is 17.7 Å². The molecule has 1 heterocycles. The number of nitrogens with one attached hydrogen (secondary N) is 3. The third-order valence-electron chi connectivity index (χ3n) is 8.01. The first-order valence-electron chi connectivity index (χ1n) is 14.3. The van der Waals surface area contributed by atoms with Gasteiger partial charge in [-0.3, -0.25) is 9.59 Å². The van der Waals surface area contributed by atoms with Gasteiger partial charge in [0.05, 0.1) is 0 Å². The second kappa shape index (κ2) is 13.3. The van der Waals surface area contributed by atoms with Gasteiger partial charge >= 0.3 is 0 Å². The molecule has 0 spiro atoms. The number of hydrogen-bond donors (Lipinski definition) is 5. The van der Waals surface area contributed by atoms with Crippen LogP contribution in [-0.4, -0.2) is 30.2 Å². The van der Waals surface area contributed by atoms with Crippen LogP contribution >= 0.6 is 12.6 Å². The molecule has 1 aliphatic carbocycles. The molecule has 1 saturated carbocycles. The summed E-state index contributed by atoms with van der Waals surface area (Å²) >= 11 is 4.51. The van der Waals surface area contributed by atoms with Crippen molar-refractivity contribution in [3.63, 3.8) is 0 Å². The minimum Gasteiger partial charge on any atom is -0.361 e. The second-order valence-corrected chi connectivity index (χ2v) is 11.6. The van der Waals surface area contributed by atoms with Crippen molar-refractivity contribution in [2.45, 2.75) is 50.0 Å². The number of hydrogen-bond acceptors (Lipinski definition) is 7. The molecule has 1 atom stereocenters. The van der Waals surface area contributed by atoms with E-state index < -0.39 is 6.04 Å². The van der Waals surface area contributed by atoms with Crippen LogP contribution in [0.15, 0.2) is 89.1 Å². The Hall–Kier alpha value is -4.08. The molecule has 2 aliphatic rings. The fraction of sp³-hybridized carbons (Fsp3) is 0.303. The van der Waals surface area contributed by atoms with Crippen molar-refractivity contribution in [3.8, 4) is 11.1 Å². The molecule has 8 nitrogen and oxygen atoms in total. The Morgan fingerprint density at radius 2 is 1.83 bits per heavy atom. The number of carbonyl (C=O) groups excluding carboxylic acids is 2. The number of benzene rings is 3. The molecule has 0 bridgehead atoms. The average molecular weight is 584 g/mol. The molecule has 3 aromatic rings. The van der Waals surface area contributed by atoms with Gasteiger partial charge in [0.25, 0.3) is 0 Å². The van der Waals surface area contributed by atoms with E-state index in [0.717, 1.165) is 58.4 Å². The minimum absolute atomic E-state index is 0.0821. The van der Waals surface area contributed by atoms with E-state index in [0.29, 0.717) is 30.4 Å². The van der Waals surface area contributed by atoms with Crippen molar-refractivity contribution in [1.82, 2.24) is 10.8 Å². The quantitative estimate of drug-likeness (QED) is 0.224. The standard InChI is InChI=1S/C33H37N5O3S/c1-20-6-15-28(42)18-29(20)26-5-3-4-23(16-26)17-30(37-32(39)25-9-7-22(19-34)8-10-25)33(40)36-27-13-11-24(12-14-27)31-35-21(2)41-38-31/h3-6,11-16,18,22,25,30,42H,2,7-10,17,19,34H2,1H3,(H,35,38)(H,36,40)(H,37,39)/t22?,25?,30-/m0/s1. The van der Waals surface area contributed by atoms with E-state index in [9.17, 15) is 9.59 Å². The Bertz CT molecular complexity index is 1500. The van der Waals surface area contributed by atoms with Gasteiger partial charge < -0.3 is 21.2 Å². The van der Waals surface area contributed by atoms with Crippen molar-refractivity contribution in [3.05, 3.63) is 95.9 Å². The zero-order valence-corrected chi connectivity index (χ0v) is 24.6. The van der Waals surface area contributed by atoms with Crippen LogP contribution in [0.25, 0.3) is 11.1 Å². The van der Waals surface area contributed by atoms with Crippen LogP contribution < -0.4 is 21.8 Å². The third-order valence-corrected chi connectivity index (χ3v) is 8.29. The molecule has 5 rings (SSSR count). The summed E-state index contributed by atoms with van der Waals surface area (Å²) in [6, 6.07) is 20.6. The molecule has 2 amide bonds. The molecule has 9 heteroatoms. The Kier molecular flexibility index (Phi) is 9.29. The highest BCUT2D eigenvalue weighted by Crippen LogP contribution is 2.29. The number of carbonyl (C=O) groups is 2. The third kappa shape index (κ3) is 7.21. The highest BCUT2D eigenvalue weighted by Gasteiger charge is 2.29. The van der Waals surface area contributed by atoms with Crippen LogP contribution in [-0.2, 0) is 20.8 Å². The topological polar surface area (TPSA) is 118 Å². The Morgan fingerprint density at radius 3 is 2.52 bits per heavy atom. The normalized spacial score (nSPS) is 18.8. The number of amidine groups is 1. The van der Waals surface area contributed by atoms with Gasteiger partial charge in [0.15, 0.2) is 5.84 Å². The predicted molar refractivity (Wildman–Crippen MR) is 169 cm³/mol. The Balaban J connectivity index is 1.34. The molecule has 1 fully saturated rings. The maximum absolute atomic E-state index is 13.7. The van der Waals surface area contributed by atoms with E-state index in [4.69, 9.17) is 10.6 Å². The predicted octanol–water partition coefficient (Wildman–Crippen LogP) is 5.13. The van der Waals surface area contributed by atoms with E-state index in [1.807, 2.05) is 48.5 Å².